The molecule has 186 valence electrons. The molecular weight excluding hydrogens is 476 g/mol. The van der Waals surface area contributed by atoms with Crippen molar-refractivity contribution in [2.24, 2.45) is 15.7 Å². The molecule has 7 rings (SSSR count). The molecule has 4 heteroatoms. The van der Waals surface area contributed by atoms with Crippen molar-refractivity contribution in [1.82, 2.24) is 4.57 Å². The van der Waals surface area contributed by atoms with E-state index in [0.717, 1.165) is 22.5 Å². The van der Waals surface area contributed by atoms with E-state index in [1.54, 1.807) is 0 Å². The van der Waals surface area contributed by atoms with E-state index in [1.165, 1.54) is 27.4 Å². The second kappa shape index (κ2) is 9.58. The van der Waals surface area contributed by atoms with E-state index in [9.17, 15) is 0 Å². The van der Waals surface area contributed by atoms with Crippen molar-refractivity contribution in [3.63, 3.8) is 0 Å². The highest BCUT2D eigenvalue weighted by atomic mass is 15.0. The van der Waals surface area contributed by atoms with Crippen LogP contribution < -0.4 is 5.73 Å². The topological polar surface area (TPSA) is 55.7 Å². The summed E-state index contributed by atoms with van der Waals surface area (Å²) in [6, 6.07) is 45.7. The maximum absolute atomic E-state index is 6.45. The van der Waals surface area contributed by atoms with E-state index in [4.69, 9.17) is 15.7 Å². The number of para-hydroxylation sites is 2. The van der Waals surface area contributed by atoms with E-state index in [-0.39, 0.29) is 5.92 Å². The summed E-state index contributed by atoms with van der Waals surface area (Å²) in [5, 5.41) is 2.49. The van der Waals surface area contributed by atoms with Gasteiger partial charge in [0, 0.05) is 33.5 Å². The number of nitrogens with zero attached hydrogens (tertiary/aromatic N) is 3. The molecule has 0 aliphatic heterocycles. The van der Waals surface area contributed by atoms with E-state index < -0.39 is 0 Å². The maximum atomic E-state index is 6.45. The van der Waals surface area contributed by atoms with Crippen molar-refractivity contribution in [3.8, 4) is 5.69 Å². The summed E-state index contributed by atoms with van der Waals surface area (Å²) in [4.78, 5) is 9.79. The molecule has 0 amide bonds. The molecule has 1 atom stereocenters. The van der Waals surface area contributed by atoms with Crippen molar-refractivity contribution in [1.29, 1.82) is 0 Å². The summed E-state index contributed by atoms with van der Waals surface area (Å²) in [6.07, 6.45) is 2.16. The molecule has 39 heavy (non-hydrogen) atoms. The molecule has 5 aromatic carbocycles. The molecule has 6 aromatic rings. The SMILES string of the molecule is NC(=NC(=NC1=CC1c1ccccc1)c1ccc(-n2c3ccccc3c3ccccc32)cc1)c1ccccc1. The van der Waals surface area contributed by atoms with Gasteiger partial charge < -0.3 is 10.3 Å². The second-order valence-corrected chi connectivity index (χ2v) is 9.69. The smallest absolute Gasteiger partial charge is 0.161 e. The lowest BCUT2D eigenvalue weighted by atomic mass is 10.1. The Kier molecular flexibility index (Phi) is 5.64. The fourth-order valence-corrected chi connectivity index (χ4v) is 5.18. The lowest BCUT2D eigenvalue weighted by Gasteiger charge is -2.10. The molecule has 0 saturated carbocycles. The van der Waals surface area contributed by atoms with Crippen molar-refractivity contribution >= 4 is 33.5 Å². The van der Waals surface area contributed by atoms with Crippen molar-refractivity contribution in [2.45, 2.75) is 5.92 Å². The highest BCUT2D eigenvalue weighted by Gasteiger charge is 2.27. The standard InChI is InChI=1S/C35H26N4/c36-34(25-13-5-2-6-14-25)38-35(37-31-23-30(31)24-11-3-1-4-12-24)26-19-21-27(22-20-26)39-32-17-9-7-15-28(32)29-16-8-10-18-33(29)39/h1-23,30H,(H2,36,37,38). The Bertz CT molecular complexity index is 1840. The molecule has 2 N–H and O–H groups in total. The van der Waals surface area contributed by atoms with Crippen LogP contribution in [0.25, 0.3) is 27.5 Å². The van der Waals surface area contributed by atoms with E-state index in [1.807, 2.05) is 36.4 Å². The van der Waals surface area contributed by atoms with Gasteiger partial charge in [0.25, 0.3) is 0 Å². The fraction of sp³-hybridized carbons (Fsp3) is 0.0286. The van der Waals surface area contributed by atoms with Gasteiger partial charge in [-0.25, -0.2) is 9.98 Å². The zero-order valence-electron chi connectivity index (χ0n) is 21.3. The highest BCUT2D eigenvalue weighted by molar-refractivity contribution is 6.12. The zero-order valence-corrected chi connectivity index (χ0v) is 21.3. The van der Waals surface area contributed by atoms with Crippen LogP contribution in [0.1, 0.15) is 22.6 Å². The van der Waals surface area contributed by atoms with Gasteiger partial charge in [0.15, 0.2) is 5.84 Å². The lowest BCUT2D eigenvalue weighted by molar-refractivity contribution is 1.14. The number of hydrogen-bond donors (Lipinski definition) is 1. The number of amidine groups is 2. The summed E-state index contributed by atoms with van der Waals surface area (Å²) >= 11 is 0. The number of allylic oxidation sites excluding steroid dienone is 2. The summed E-state index contributed by atoms with van der Waals surface area (Å²) in [5.74, 6) is 1.26. The van der Waals surface area contributed by atoms with Gasteiger partial charge in [-0.2, -0.15) is 0 Å². The summed E-state index contributed by atoms with van der Waals surface area (Å²) < 4.78 is 2.31. The molecular formula is C35H26N4. The van der Waals surface area contributed by atoms with Gasteiger partial charge in [-0.3, -0.25) is 0 Å². The first-order valence-electron chi connectivity index (χ1n) is 13.1. The number of rotatable bonds is 5. The quantitative estimate of drug-likeness (QED) is 0.191. The Labute approximate surface area is 227 Å². The fourth-order valence-electron chi connectivity index (χ4n) is 5.18. The molecule has 4 nitrogen and oxygen atoms in total. The van der Waals surface area contributed by atoms with Crippen LogP contribution in [-0.2, 0) is 0 Å². The van der Waals surface area contributed by atoms with E-state index in [2.05, 4.69) is 108 Å². The molecule has 1 aliphatic carbocycles. The second-order valence-electron chi connectivity index (χ2n) is 9.69. The Balaban J connectivity index is 1.29. The van der Waals surface area contributed by atoms with Gasteiger partial charge in [-0.1, -0.05) is 97.1 Å². The first-order valence-corrected chi connectivity index (χ1v) is 13.1. The van der Waals surface area contributed by atoms with E-state index in [0.29, 0.717) is 11.7 Å². The molecule has 1 heterocycles. The molecule has 0 fully saturated rings. The number of hydrogen-bond acceptors (Lipinski definition) is 1. The number of aliphatic imine (C=N–C) groups is 2. The number of aromatic nitrogens is 1. The molecule has 0 radical (unpaired) electrons. The first kappa shape index (κ1) is 22.9. The Morgan fingerprint density at radius 2 is 1.15 bits per heavy atom. The zero-order chi connectivity index (χ0) is 26.2. The van der Waals surface area contributed by atoms with Crippen LogP contribution in [0, 0.1) is 0 Å². The van der Waals surface area contributed by atoms with Crippen LogP contribution in [0.3, 0.4) is 0 Å². The molecule has 1 unspecified atom stereocenters. The predicted octanol–water partition coefficient (Wildman–Crippen LogP) is 7.62. The van der Waals surface area contributed by atoms with Crippen LogP contribution in [0.5, 0.6) is 0 Å². The summed E-state index contributed by atoms with van der Waals surface area (Å²) in [7, 11) is 0. The monoisotopic (exact) mass is 502 g/mol. The lowest BCUT2D eigenvalue weighted by Crippen LogP contribution is -2.16. The van der Waals surface area contributed by atoms with Crippen LogP contribution in [0.2, 0.25) is 0 Å². The van der Waals surface area contributed by atoms with Gasteiger partial charge in [0.1, 0.15) is 5.84 Å². The van der Waals surface area contributed by atoms with Crippen molar-refractivity contribution in [3.05, 3.63) is 162 Å². The van der Waals surface area contributed by atoms with Gasteiger partial charge >= 0.3 is 0 Å². The van der Waals surface area contributed by atoms with Crippen LogP contribution >= 0.6 is 0 Å². The molecule has 1 aliphatic rings. The first-order chi connectivity index (χ1) is 19.3. The average molecular weight is 503 g/mol. The number of benzene rings is 5. The predicted molar refractivity (Wildman–Crippen MR) is 162 cm³/mol. The minimum absolute atomic E-state index is 0.214. The number of nitrogens with two attached hydrogens (primary N) is 1. The third-order valence-electron chi connectivity index (χ3n) is 7.20. The van der Waals surface area contributed by atoms with Gasteiger partial charge in [-0.15, -0.1) is 0 Å². The Morgan fingerprint density at radius 3 is 1.79 bits per heavy atom. The molecule has 0 saturated heterocycles. The number of fused-ring (bicyclic) bond motifs is 3. The molecule has 0 spiro atoms. The third-order valence-corrected chi connectivity index (χ3v) is 7.20. The van der Waals surface area contributed by atoms with Gasteiger partial charge in [-0.05, 0) is 48.0 Å². The van der Waals surface area contributed by atoms with Crippen molar-refractivity contribution in [2.75, 3.05) is 0 Å². The highest BCUT2D eigenvalue weighted by Crippen LogP contribution is 2.40. The maximum Gasteiger partial charge on any atom is 0.161 e. The average Bonchev–Trinajstić information content (AvgIpc) is 3.70. The van der Waals surface area contributed by atoms with Crippen LogP contribution in [-0.4, -0.2) is 16.2 Å². The minimum Gasteiger partial charge on any atom is -0.383 e. The minimum atomic E-state index is 0.214. The van der Waals surface area contributed by atoms with Crippen molar-refractivity contribution < 1.29 is 0 Å². The molecule has 0 bridgehead atoms. The van der Waals surface area contributed by atoms with Gasteiger partial charge in [0.05, 0.1) is 16.7 Å². The third kappa shape index (κ3) is 4.32. The summed E-state index contributed by atoms with van der Waals surface area (Å²) in [6.45, 7) is 0. The van der Waals surface area contributed by atoms with Gasteiger partial charge in [0.2, 0.25) is 0 Å². The van der Waals surface area contributed by atoms with Crippen LogP contribution in [0.15, 0.2) is 155 Å². The Hall–Kier alpha value is -5.22. The normalized spacial score (nSPS) is 15.5. The summed E-state index contributed by atoms with van der Waals surface area (Å²) in [5.41, 5.74) is 13.9. The molecule has 1 aromatic heterocycles. The van der Waals surface area contributed by atoms with E-state index >= 15 is 0 Å². The largest absolute Gasteiger partial charge is 0.383 e. The van der Waals surface area contributed by atoms with Crippen LogP contribution in [0.4, 0.5) is 0 Å². The Morgan fingerprint density at radius 1 is 0.590 bits per heavy atom.